The minimum absolute atomic E-state index is 0.0243. The van der Waals surface area contributed by atoms with E-state index in [4.69, 9.17) is 16.4 Å². The lowest BCUT2D eigenvalue weighted by Crippen LogP contribution is -2.11. The van der Waals surface area contributed by atoms with Crippen molar-refractivity contribution in [2.45, 2.75) is 27.7 Å². The molecule has 0 fully saturated rings. The second-order valence-electron chi connectivity index (χ2n) is 7.51. The summed E-state index contributed by atoms with van der Waals surface area (Å²) >= 11 is 0. The molecule has 178 valence electrons. The molecule has 2 aromatic carbocycles. The molecule has 0 aliphatic rings. The summed E-state index contributed by atoms with van der Waals surface area (Å²) in [5.41, 5.74) is 11.6. The molecule has 0 atom stereocenters. The van der Waals surface area contributed by atoms with Crippen LogP contribution in [0.15, 0.2) is 87.8 Å². The van der Waals surface area contributed by atoms with Crippen LogP contribution < -0.4 is 11.1 Å². The highest BCUT2D eigenvalue weighted by molar-refractivity contribution is 5.95. The van der Waals surface area contributed by atoms with Crippen molar-refractivity contribution < 1.29 is 10.2 Å². The van der Waals surface area contributed by atoms with Crippen molar-refractivity contribution in [3.63, 3.8) is 0 Å². The summed E-state index contributed by atoms with van der Waals surface area (Å²) in [6.07, 6.45) is 1.78. The van der Waals surface area contributed by atoms with Gasteiger partial charge in [-0.3, -0.25) is 10.4 Å². The number of rotatable bonds is 8. The van der Waals surface area contributed by atoms with E-state index in [2.05, 4.69) is 17.0 Å². The van der Waals surface area contributed by atoms with Crippen LogP contribution in [0.4, 0.5) is 5.69 Å². The van der Waals surface area contributed by atoms with Crippen molar-refractivity contribution in [3.05, 3.63) is 88.3 Å². The molecule has 0 saturated heterocycles. The van der Waals surface area contributed by atoms with Gasteiger partial charge in [0, 0.05) is 28.9 Å². The number of nitrogen functional groups attached to an aromatic ring is 1. The zero-order chi connectivity index (χ0) is 25.7. The van der Waals surface area contributed by atoms with E-state index < -0.39 is 0 Å². The summed E-state index contributed by atoms with van der Waals surface area (Å²) in [7, 11) is 0. The number of benzene rings is 2. The van der Waals surface area contributed by atoms with Crippen LogP contribution in [0.3, 0.4) is 0 Å². The first-order valence-electron chi connectivity index (χ1n) is 10.7. The molecule has 0 spiro atoms. The van der Waals surface area contributed by atoms with Gasteiger partial charge in [-0.25, -0.2) is 0 Å². The van der Waals surface area contributed by atoms with Crippen molar-refractivity contribution in [2.75, 3.05) is 18.5 Å². The van der Waals surface area contributed by atoms with Gasteiger partial charge in [0.1, 0.15) is 11.6 Å². The van der Waals surface area contributed by atoms with Crippen LogP contribution in [-0.2, 0) is 0 Å². The standard InChI is InChI=1S/C22H26N4O2.C5H7N/c1-14(13-27)20(21(28)15(2)25-3)12-26-19-10-8-17(9-11-19)16-4-6-18(7-5-16)22(23)24;1-3-5(2)4-6/h4-11,26-28H,3,12-13H2,1-2H3,(H3,23,24);3H,1-2H3/b20-14+,21-15+;5-3+. The quantitative estimate of drug-likeness (QED) is 0.119. The van der Waals surface area contributed by atoms with Crippen LogP contribution in [0.1, 0.15) is 33.3 Å². The fraction of sp³-hybridized carbons (Fsp3) is 0.222. The van der Waals surface area contributed by atoms with Gasteiger partial charge in [-0.15, -0.1) is 0 Å². The minimum Gasteiger partial charge on any atom is -0.506 e. The summed E-state index contributed by atoms with van der Waals surface area (Å²) in [4.78, 5) is 3.76. The monoisotopic (exact) mass is 459 g/mol. The summed E-state index contributed by atoms with van der Waals surface area (Å²) in [6.45, 7) is 10.7. The third kappa shape index (κ3) is 8.41. The second kappa shape index (κ2) is 14.1. The SMILES string of the molecule is C/C=C(\C)C#N.C=N/C(C)=C(O)\C(CNc1ccc(-c2ccc(C(=N)N)cc2)cc1)=C(/C)CO. The molecule has 0 unspecified atom stereocenters. The Morgan fingerprint density at radius 3 is 2.03 bits per heavy atom. The van der Waals surface area contributed by atoms with Crippen LogP contribution in [0.5, 0.6) is 0 Å². The summed E-state index contributed by atoms with van der Waals surface area (Å²) < 4.78 is 0. The molecule has 0 aromatic heterocycles. The Morgan fingerprint density at radius 2 is 1.65 bits per heavy atom. The molecule has 2 rings (SSSR count). The normalized spacial score (nSPS) is 12.3. The third-order valence-electron chi connectivity index (χ3n) is 5.11. The zero-order valence-corrected chi connectivity index (χ0v) is 20.2. The summed E-state index contributed by atoms with van der Waals surface area (Å²) in [5, 5.41) is 38.5. The third-order valence-corrected chi connectivity index (χ3v) is 5.11. The van der Waals surface area contributed by atoms with E-state index in [9.17, 15) is 10.2 Å². The van der Waals surface area contributed by atoms with Gasteiger partial charge in [-0.05, 0) is 63.2 Å². The van der Waals surface area contributed by atoms with Crippen LogP contribution in [-0.4, -0.2) is 35.9 Å². The molecule has 0 saturated carbocycles. The van der Waals surface area contributed by atoms with Gasteiger partial charge in [0.2, 0.25) is 0 Å². The Balaban J connectivity index is 0.000000852. The number of aliphatic hydroxyl groups excluding tert-OH is 2. The van der Waals surface area contributed by atoms with Crippen molar-refractivity contribution >= 4 is 18.2 Å². The second-order valence-corrected chi connectivity index (χ2v) is 7.51. The summed E-state index contributed by atoms with van der Waals surface area (Å²) in [5.74, 6) is 0.0727. The van der Waals surface area contributed by atoms with Gasteiger partial charge in [0.15, 0.2) is 0 Å². The van der Waals surface area contributed by atoms with E-state index >= 15 is 0 Å². The maximum Gasteiger partial charge on any atom is 0.141 e. The largest absolute Gasteiger partial charge is 0.506 e. The average Bonchev–Trinajstić information content (AvgIpc) is 2.88. The highest BCUT2D eigenvalue weighted by Crippen LogP contribution is 2.23. The topological polar surface area (TPSA) is 139 Å². The smallest absolute Gasteiger partial charge is 0.141 e. The van der Waals surface area contributed by atoms with Crippen molar-refractivity contribution in [2.24, 2.45) is 10.7 Å². The Hall–Kier alpha value is -4.15. The first kappa shape index (κ1) is 27.9. The van der Waals surface area contributed by atoms with Gasteiger partial charge in [0.25, 0.3) is 0 Å². The highest BCUT2D eigenvalue weighted by atomic mass is 16.3. The molecule has 0 bridgehead atoms. The molecule has 0 aliphatic carbocycles. The molecule has 0 aliphatic heterocycles. The van der Waals surface area contributed by atoms with Gasteiger partial charge in [-0.2, -0.15) is 5.26 Å². The van der Waals surface area contributed by atoms with Crippen LogP contribution in [0.25, 0.3) is 11.1 Å². The number of aliphatic imine (C=N–C) groups is 1. The molecule has 7 nitrogen and oxygen atoms in total. The molecule has 34 heavy (non-hydrogen) atoms. The van der Waals surface area contributed by atoms with E-state index in [1.54, 1.807) is 26.8 Å². The van der Waals surface area contributed by atoms with E-state index in [1.807, 2.05) is 61.5 Å². The molecule has 0 amide bonds. The molecule has 6 N–H and O–H groups in total. The van der Waals surface area contributed by atoms with Gasteiger partial charge >= 0.3 is 0 Å². The first-order chi connectivity index (χ1) is 16.2. The molecule has 0 heterocycles. The Kier molecular flexibility index (Phi) is 11.6. The lowest BCUT2D eigenvalue weighted by Gasteiger charge is -2.14. The number of anilines is 1. The van der Waals surface area contributed by atoms with E-state index in [-0.39, 0.29) is 18.2 Å². The number of allylic oxidation sites excluding steroid dienone is 3. The van der Waals surface area contributed by atoms with E-state index in [0.717, 1.165) is 22.4 Å². The fourth-order valence-electron chi connectivity index (χ4n) is 2.70. The Morgan fingerprint density at radius 1 is 1.12 bits per heavy atom. The number of nitrogens with zero attached hydrogens (tertiary/aromatic N) is 2. The molecule has 2 aromatic rings. The zero-order valence-electron chi connectivity index (χ0n) is 20.2. The van der Waals surface area contributed by atoms with E-state index in [1.165, 1.54) is 0 Å². The predicted octanol–water partition coefficient (Wildman–Crippen LogP) is 5.32. The molecular formula is C27H33N5O2. The Labute approximate surface area is 201 Å². The highest BCUT2D eigenvalue weighted by Gasteiger charge is 2.11. The number of nitrogens with one attached hydrogen (secondary N) is 2. The molecule has 7 heteroatoms. The van der Waals surface area contributed by atoms with Crippen molar-refractivity contribution in [1.82, 2.24) is 0 Å². The predicted molar refractivity (Wildman–Crippen MR) is 141 cm³/mol. The first-order valence-corrected chi connectivity index (χ1v) is 10.7. The van der Waals surface area contributed by atoms with Gasteiger partial charge < -0.3 is 21.3 Å². The van der Waals surface area contributed by atoms with Crippen LogP contribution >= 0.6 is 0 Å². The Bertz CT molecular complexity index is 1120. The van der Waals surface area contributed by atoms with Crippen LogP contribution in [0.2, 0.25) is 0 Å². The maximum atomic E-state index is 10.3. The maximum absolute atomic E-state index is 10.3. The van der Waals surface area contributed by atoms with Crippen LogP contribution in [0, 0.1) is 16.7 Å². The fourth-order valence-corrected chi connectivity index (χ4v) is 2.70. The molecule has 0 radical (unpaired) electrons. The lowest BCUT2D eigenvalue weighted by molar-refractivity contribution is 0.327. The van der Waals surface area contributed by atoms with Gasteiger partial charge in [0.05, 0.1) is 18.4 Å². The number of nitriles is 1. The number of hydrogen-bond acceptors (Lipinski definition) is 6. The number of amidine groups is 1. The van der Waals surface area contributed by atoms with Crippen molar-refractivity contribution in [1.29, 1.82) is 10.7 Å². The van der Waals surface area contributed by atoms with Crippen molar-refractivity contribution in [3.8, 4) is 17.2 Å². The minimum atomic E-state index is -0.152. The molecular weight excluding hydrogens is 426 g/mol. The van der Waals surface area contributed by atoms with Gasteiger partial charge in [-0.1, -0.05) is 42.5 Å². The number of nitrogens with two attached hydrogens (primary N) is 1. The average molecular weight is 460 g/mol. The summed E-state index contributed by atoms with van der Waals surface area (Å²) in [6, 6.07) is 17.3. The number of hydrogen-bond donors (Lipinski definition) is 5. The number of aliphatic hydroxyl groups is 2. The van der Waals surface area contributed by atoms with E-state index in [0.29, 0.717) is 29.0 Å². The lowest BCUT2D eigenvalue weighted by atomic mass is 10.0.